The van der Waals surface area contributed by atoms with E-state index in [1.165, 1.54) is 19.3 Å². The van der Waals surface area contributed by atoms with Gasteiger partial charge < -0.3 is 5.73 Å². The lowest BCUT2D eigenvalue weighted by molar-refractivity contribution is 0.457. The van der Waals surface area contributed by atoms with Gasteiger partial charge in [0.25, 0.3) is 5.56 Å². The highest BCUT2D eigenvalue weighted by Crippen LogP contribution is 2.49. The van der Waals surface area contributed by atoms with Crippen LogP contribution in [-0.4, -0.2) is 15.2 Å². The molecule has 0 spiro atoms. The Bertz CT molecular complexity index is 456. The monoisotopic (exact) mass is 223 g/mol. The Labute approximate surface area is 91.7 Å². The number of rotatable bonds is 0. The fourth-order valence-corrected chi connectivity index (χ4v) is 4.14. The SMILES string of the molecule is Nc1nc2c(c(=O)[nH]1)C1CCCCC1S2. The average Bonchev–Trinajstić information content (AvgIpc) is 2.54. The van der Waals surface area contributed by atoms with E-state index in [0.717, 1.165) is 17.0 Å². The first kappa shape index (κ1) is 9.27. The number of nitrogens with zero attached hydrogens (tertiary/aromatic N) is 1. The molecule has 0 bridgehead atoms. The van der Waals surface area contributed by atoms with Crippen molar-refractivity contribution >= 4 is 17.7 Å². The van der Waals surface area contributed by atoms with E-state index >= 15 is 0 Å². The quantitative estimate of drug-likeness (QED) is 0.653. The number of hydrogen-bond acceptors (Lipinski definition) is 4. The molecule has 1 saturated carbocycles. The molecule has 4 nitrogen and oxygen atoms in total. The third-order valence-corrected chi connectivity index (χ3v) is 4.68. The largest absolute Gasteiger partial charge is 0.369 e. The molecule has 15 heavy (non-hydrogen) atoms. The molecule has 0 amide bonds. The molecule has 0 radical (unpaired) electrons. The van der Waals surface area contributed by atoms with Crippen molar-refractivity contribution in [3.63, 3.8) is 0 Å². The maximum atomic E-state index is 11.8. The lowest BCUT2D eigenvalue weighted by Gasteiger charge is -2.23. The molecule has 2 aliphatic rings. The van der Waals surface area contributed by atoms with Gasteiger partial charge in [0.2, 0.25) is 5.95 Å². The van der Waals surface area contributed by atoms with Crippen molar-refractivity contribution in [1.82, 2.24) is 9.97 Å². The van der Waals surface area contributed by atoms with E-state index in [1.807, 2.05) is 0 Å². The molecular formula is C10H13N3OS. The lowest BCUT2D eigenvalue weighted by Crippen LogP contribution is -2.22. The maximum Gasteiger partial charge on any atom is 0.256 e. The molecule has 1 fully saturated rings. The standard InChI is InChI=1S/C10H13N3OS/c11-10-12-8(14)7-5-3-1-2-4-6(5)15-9(7)13-10/h5-6H,1-4H2,(H3,11,12,13,14). The summed E-state index contributed by atoms with van der Waals surface area (Å²) < 4.78 is 0. The Balaban J connectivity index is 2.12. The topological polar surface area (TPSA) is 71.8 Å². The van der Waals surface area contributed by atoms with Crippen LogP contribution in [0.3, 0.4) is 0 Å². The van der Waals surface area contributed by atoms with E-state index in [4.69, 9.17) is 5.73 Å². The first-order chi connectivity index (χ1) is 7.25. The number of nitrogens with one attached hydrogen (secondary N) is 1. The third-order valence-electron chi connectivity index (χ3n) is 3.27. The van der Waals surface area contributed by atoms with Crippen LogP contribution in [0.15, 0.2) is 9.82 Å². The fourth-order valence-electron chi connectivity index (χ4n) is 2.61. The van der Waals surface area contributed by atoms with Crippen molar-refractivity contribution in [2.24, 2.45) is 0 Å². The summed E-state index contributed by atoms with van der Waals surface area (Å²) in [6.07, 6.45) is 4.82. The Morgan fingerprint density at radius 1 is 1.40 bits per heavy atom. The molecule has 3 rings (SSSR count). The minimum Gasteiger partial charge on any atom is -0.369 e. The van der Waals surface area contributed by atoms with E-state index in [0.29, 0.717) is 11.2 Å². The van der Waals surface area contributed by atoms with Gasteiger partial charge in [0.15, 0.2) is 0 Å². The molecule has 1 aromatic rings. The highest BCUT2D eigenvalue weighted by atomic mass is 32.2. The van der Waals surface area contributed by atoms with Gasteiger partial charge in [0, 0.05) is 11.2 Å². The van der Waals surface area contributed by atoms with Gasteiger partial charge in [-0.05, 0) is 12.8 Å². The number of H-pyrrole nitrogens is 1. The van der Waals surface area contributed by atoms with Crippen molar-refractivity contribution in [2.45, 2.75) is 41.9 Å². The second kappa shape index (κ2) is 3.27. The fraction of sp³-hybridized carbons (Fsp3) is 0.600. The molecule has 5 heteroatoms. The Kier molecular flexibility index (Phi) is 2.02. The summed E-state index contributed by atoms with van der Waals surface area (Å²) in [6.45, 7) is 0. The van der Waals surface area contributed by atoms with Gasteiger partial charge in [-0.1, -0.05) is 12.8 Å². The zero-order chi connectivity index (χ0) is 10.4. The number of hydrogen-bond donors (Lipinski definition) is 2. The molecular weight excluding hydrogens is 210 g/mol. The number of nitrogen functional groups attached to an aromatic ring is 1. The van der Waals surface area contributed by atoms with Crippen LogP contribution in [0.1, 0.15) is 37.2 Å². The second-order valence-electron chi connectivity index (χ2n) is 4.22. The van der Waals surface area contributed by atoms with Crippen molar-refractivity contribution in [3.05, 3.63) is 15.9 Å². The Morgan fingerprint density at radius 2 is 2.20 bits per heavy atom. The molecule has 3 N–H and O–H groups in total. The molecule has 1 aliphatic carbocycles. The molecule has 1 aliphatic heterocycles. The van der Waals surface area contributed by atoms with Crippen molar-refractivity contribution < 1.29 is 0 Å². The van der Waals surface area contributed by atoms with Gasteiger partial charge >= 0.3 is 0 Å². The highest BCUT2D eigenvalue weighted by Gasteiger charge is 2.38. The molecule has 0 aromatic carbocycles. The van der Waals surface area contributed by atoms with Gasteiger partial charge in [-0.25, -0.2) is 4.98 Å². The summed E-state index contributed by atoms with van der Waals surface area (Å²) in [5.41, 5.74) is 6.40. The molecule has 80 valence electrons. The zero-order valence-electron chi connectivity index (χ0n) is 8.32. The summed E-state index contributed by atoms with van der Waals surface area (Å²) in [5, 5.41) is 1.43. The highest BCUT2D eigenvalue weighted by molar-refractivity contribution is 8.00. The Morgan fingerprint density at radius 3 is 3.07 bits per heavy atom. The second-order valence-corrected chi connectivity index (χ2v) is 5.45. The van der Waals surface area contributed by atoms with Crippen LogP contribution in [0.4, 0.5) is 5.95 Å². The van der Waals surface area contributed by atoms with E-state index in [1.54, 1.807) is 11.8 Å². The number of aromatic nitrogens is 2. The summed E-state index contributed by atoms with van der Waals surface area (Å²) >= 11 is 1.74. The van der Waals surface area contributed by atoms with Gasteiger partial charge in [-0.2, -0.15) is 0 Å². The van der Waals surface area contributed by atoms with Crippen LogP contribution in [0.25, 0.3) is 0 Å². The first-order valence-electron chi connectivity index (χ1n) is 5.32. The van der Waals surface area contributed by atoms with Crippen molar-refractivity contribution in [2.75, 3.05) is 5.73 Å². The maximum absolute atomic E-state index is 11.8. The summed E-state index contributed by atoms with van der Waals surface area (Å²) in [7, 11) is 0. The first-order valence-corrected chi connectivity index (χ1v) is 6.20. The third kappa shape index (κ3) is 1.37. The van der Waals surface area contributed by atoms with Crippen LogP contribution in [-0.2, 0) is 0 Å². The van der Waals surface area contributed by atoms with Crippen LogP contribution in [0.5, 0.6) is 0 Å². The van der Waals surface area contributed by atoms with E-state index < -0.39 is 0 Å². The smallest absolute Gasteiger partial charge is 0.256 e. The van der Waals surface area contributed by atoms with Crippen LogP contribution in [0.2, 0.25) is 0 Å². The molecule has 1 aromatic heterocycles. The number of anilines is 1. The predicted octanol–water partition coefficient (Wildman–Crippen LogP) is 1.48. The van der Waals surface area contributed by atoms with Gasteiger partial charge in [-0.15, -0.1) is 11.8 Å². The summed E-state index contributed by atoms with van der Waals surface area (Å²) in [6, 6.07) is 0. The number of thioether (sulfide) groups is 1. The van der Waals surface area contributed by atoms with Crippen LogP contribution < -0.4 is 11.3 Å². The lowest BCUT2D eigenvalue weighted by atomic mass is 9.85. The van der Waals surface area contributed by atoms with Crippen LogP contribution >= 0.6 is 11.8 Å². The minimum atomic E-state index is -0.0283. The molecule has 0 saturated heterocycles. The molecule has 2 atom stereocenters. The Hall–Kier alpha value is -0.970. The van der Waals surface area contributed by atoms with E-state index in [-0.39, 0.29) is 11.5 Å². The molecule has 2 heterocycles. The van der Waals surface area contributed by atoms with Crippen molar-refractivity contribution in [3.8, 4) is 0 Å². The van der Waals surface area contributed by atoms with Gasteiger partial charge in [-0.3, -0.25) is 9.78 Å². The normalized spacial score (nSPS) is 28.5. The zero-order valence-corrected chi connectivity index (χ0v) is 9.14. The van der Waals surface area contributed by atoms with Crippen LogP contribution in [0, 0.1) is 0 Å². The average molecular weight is 223 g/mol. The number of fused-ring (bicyclic) bond motifs is 3. The molecule has 2 unspecified atom stereocenters. The number of nitrogens with two attached hydrogens (primary N) is 1. The minimum absolute atomic E-state index is 0.0283. The van der Waals surface area contributed by atoms with Gasteiger partial charge in [0.1, 0.15) is 5.03 Å². The summed E-state index contributed by atoms with van der Waals surface area (Å²) in [4.78, 5) is 18.6. The van der Waals surface area contributed by atoms with E-state index in [9.17, 15) is 4.79 Å². The van der Waals surface area contributed by atoms with Gasteiger partial charge in [0.05, 0.1) is 5.56 Å². The summed E-state index contributed by atoms with van der Waals surface area (Å²) in [5.74, 6) is 0.653. The van der Waals surface area contributed by atoms with E-state index in [2.05, 4.69) is 9.97 Å². The van der Waals surface area contributed by atoms with Crippen molar-refractivity contribution in [1.29, 1.82) is 0 Å². The number of aromatic amines is 1. The predicted molar refractivity (Wildman–Crippen MR) is 60.1 cm³/mol.